The first kappa shape index (κ1) is 15.0. The molecule has 1 aromatic carbocycles. The van der Waals surface area contributed by atoms with Gasteiger partial charge in [-0.1, -0.05) is 6.07 Å². The van der Waals surface area contributed by atoms with Crippen molar-refractivity contribution >= 4 is 11.8 Å². The highest BCUT2D eigenvalue weighted by Crippen LogP contribution is 2.14. The molecular formula is C11H12F3N3O2. The number of amides is 2. The highest BCUT2D eigenvalue weighted by molar-refractivity contribution is 5.87. The maximum atomic E-state index is 13.3. The van der Waals surface area contributed by atoms with E-state index in [1.165, 1.54) is 0 Å². The van der Waals surface area contributed by atoms with Gasteiger partial charge in [0, 0.05) is 12.1 Å². The van der Waals surface area contributed by atoms with Gasteiger partial charge >= 0.3 is 0 Å². The Morgan fingerprint density at radius 1 is 1.21 bits per heavy atom. The lowest BCUT2D eigenvalue weighted by molar-refractivity contribution is -0.126. The second kappa shape index (κ2) is 6.19. The van der Waals surface area contributed by atoms with Gasteiger partial charge in [0.25, 0.3) is 0 Å². The van der Waals surface area contributed by atoms with Gasteiger partial charge in [-0.25, -0.2) is 13.2 Å². The lowest BCUT2D eigenvalue weighted by Gasteiger charge is -2.11. The standard InChI is InChI=1S/C11H12F3N3O2/c12-6-2-1-5(9(13)10(6)14)4-17-11(19)7(15)3-8(16)18/h1-2,7H,3-4,15H2,(H2,16,18)(H,17,19)/t7-/m0/s1. The molecule has 8 heteroatoms. The lowest BCUT2D eigenvalue weighted by Crippen LogP contribution is -2.42. The Kier molecular flexibility index (Phi) is 4.87. The van der Waals surface area contributed by atoms with Crippen LogP contribution in [0, 0.1) is 17.5 Å². The van der Waals surface area contributed by atoms with E-state index in [4.69, 9.17) is 11.5 Å². The van der Waals surface area contributed by atoms with Gasteiger partial charge in [-0.2, -0.15) is 0 Å². The minimum atomic E-state index is -1.62. The topological polar surface area (TPSA) is 98.2 Å². The van der Waals surface area contributed by atoms with Crippen molar-refractivity contribution in [2.45, 2.75) is 19.0 Å². The summed E-state index contributed by atoms with van der Waals surface area (Å²) in [6.45, 7) is -0.381. The molecular weight excluding hydrogens is 263 g/mol. The van der Waals surface area contributed by atoms with Crippen molar-refractivity contribution in [1.82, 2.24) is 5.32 Å². The largest absolute Gasteiger partial charge is 0.370 e. The molecule has 0 bridgehead atoms. The van der Waals surface area contributed by atoms with Crippen LogP contribution in [-0.2, 0) is 16.1 Å². The molecule has 5 N–H and O–H groups in total. The molecule has 19 heavy (non-hydrogen) atoms. The Morgan fingerprint density at radius 3 is 2.42 bits per heavy atom. The van der Waals surface area contributed by atoms with Crippen molar-refractivity contribution in [3.05, 3.63) is 35.1 Å². The molecule has 1 rings (SSSR count). The summed E-state index contributed by atoms with van der Waals surface area (Å²) in [7, 11) is 0. The molecule has 0 radical (unpaired) electrons. The predicted octanol–water partition coefficient (Wildman–Crippen LogP) is -0.0772. The van der Waals surface area contributed by atoms with Crippen molar-refractivity contribution in [3.63, 3.8) is 0 Å². The van der Waals surface area contributed by atoms with Crippen molar-refractivity contribution in [2.75, 3.05) is 0 Å². The van der Waals surface area contributed by atoms with Gasteiger partial charge in [0.15, 0.2) is 17.5 Å². The van der Waals surface area contributed by atoms with E-state index >= 15 is 0 Å². The van der Waals surface area contributed by atoms with Crippen molar-refractivity contribution in [2.24, 2.45) is 11.5 Å². The van der Waals surface area contributed by atoms with E-state index in [9.17, 15) is 22.8 Å². The molecule has 0 heterocycles. The first-order valence-corrected chi connectivity index (χ1v) is 5.27. The summed E-state index contributed by atoms with van der Waals surface area (Å²) in [6.07, 6.45) is -0.369. The normalized spacial score (nSPS) is 12.0. The zero-order valence-corrected chi connectivity index (χ0v) is 9.75. The van der Waals surface area contributed by atoms with Crippen LogP contribution < -0.4 is 16.8 Å². The van der Waals surface area contributed by atoms with Crippen LogP contribution in [0.25, 0.3) is 0 Å². The summed E-state index contributed by atoms with van der Waals surface area (Å²) in [5, 5.41) is 2.19. The van der Waals surface area contributed by atoms with Crippen LogP contribution in [0.3, 0.4) is 0 Å². The number of hydrogen-bond acceptors (Lipinski definition) is 3. The van der Waals surface area contributed by atoms with E-state index in [1.54, 1.807) is 0 Å². The van der Waals surface area contributed by atoms with Crippen LogP contribution in [0.1, 0.15) is 12.0 Å². The predicted molar refractivity (Wildman–Crippen MR) is 59.9 cm³/mol. The van der Waals surface area contributed by atoms with Crippen LogP contribution in [0.5, 0.6) is 0 Å². The molecule has 1 aromatic rings. The summed E-state index contributed by atoms with van der Waals surface area (Å²) < 4.78 is 38.8. The van der Waals surface area contributed by atoms with Crippen LogP contribution in [0.2, 0.25) is 0 Å². The van der Waals surface area contributed by atoms with E-state index < -0.39 is 35.3 Å². The molecule has 0 spiro atoms. The number of nitrogens with two attached hydrogens (primary N) is 2. The molecule has 5 nitrogen and oxygen atoms in total. The minimum absolute atomic E-state index is 0.237. The third kappa shape index (κ3) is 3.95. The maximum Gasteiger partial charge on any atom is 0.237 e. The third-order valence-electron chi connectivity index (χ3n) is 2.33. The fourth-order valence-corrected chi connectivity index (χ4v) is 1.33. The molecule has 0 aliphatic carbocycles. The molecule has 0 fully saturated rings. The number of carbonyl (C=O) groups is 2. The molecule has 104 valence electrons. The Hall–Kier alpha value is -2.09. The summed E-state index contributed by atoms with van der Waals surface area (Å²) in [5.74, 6) is -5.83. The van der Waals surface area contributed by atoms with Gasteiger partial charge in [0.05, 0.1) is 12.5 Å². The fourth-order valence-electron chi connectivity index (χ4n) is 1.33. The van der Waals surface area contributed by atoms with Crippen LogP contribution in [0.15, 0.2) is 12.1 Å². The van der Waals surface area contributed by atoms with Gasteiger partial charge in [-0.3, -0.25) is 9.59 Å². The Morgan fingerprint density at radius 2 is 1.84 bits per heavy atom. The summed E-state index contributed by atoms with van der Waals surface area (Å²) in [4.78, 5) is 21.9. The maximum absolute atomic E-state index is 13.3. The first-order chi connectivity index (χ1) is 8.82. The molecule has 1 atom stereocenters. The van der Waals surface area contributed by atoms with Crippen LogP contribution >= 0.6 is 0 Å². The Labute approximate surface area is 106 Å². The Balaban J connectivity index is 2.65. The van der Waals surface area contributed by atoms with E-state index in [2.05, 4.69) is 5.32 Å². The van der Waals surface area contributed by atoms with Crippen LogP contribution in [-0.4, -0.2) is 17.9 Å². The smallest absolute Gasteiger partial charge is 0.237 e. The third-order valence-corrected chi connectivity index (χ3v) is 2.33. The summed E-state index contributed by atoms with van der Waals surface area (Å²) in [6, 6.07) is 0.558. The monoisotopic (exact) mass is 275 g/mol. The number of benzene rings is 1. The highest BCUT2D eigenvalue weighted by atomic mass is 19.2. The zero-order valence-electron chi connectivity index (χ0n) is 9.75. The van der Waals surface area contributed by atoms with E-state index in [0.29, 0.717) is 0 Å². The number of rotatable bonds is 5. The van der Waals surface area contributed by atoms with E-state index in [0.717, 1.165) is 12.1 Å². The van der Waals surface area contributed by atoms with Crippen molar-refractivity contribution < 1.29 is 22.8 Å². The number of hydrogen-bond donors (Lipinski definition) is 3. The molecule has 0 aromatic heterocycles. The van der Waals surface area contributed by atoms with Crippen molar-refractivity contribution in [3.8, 4) is 0 Å². The van der Waals surface area contributed by atoms with Gasteiger partial charge in [0.1, 0.15) is 0 Å². The zero-order chi connectivity index (χ0) is 14.6. The van der Waals surface area contributed by atoms with Crippen LogP contribution in [0.4, 0.5) is 13.2 Å². The average Bonchev–Trinajstić information content (AvgIpc) is 2.34. The highest BCUT2D eigenvalue weighted by Gasteiger charge is 2.17. The van der Waals surface area contributed by atoms with E-state index in [-0.39, 0.29) is 18.5 Å². The average molecular weight is 275 g/mol. The summed E-state index contributed by atoms with van der Waals surface area (Å²) in [5.41, 5.74) is 9.95. The molecule has 0 unspecified atom stereocenters. The van der Waals surface area contributed by atoms with Gasteiger partial charge in [0.2, 0.25) is 11.8 Å². The number of primary amides is 1. The lowest BCUT2D eigenvalue weighted by atomic mass is 10.1. The number of carbonyl (C=O) groups excluding carboxylic acids is 2. The molecule has 0 saturated carbocycles. The second-order valence-electron chi connectivity index (χ2n) is 3.83. The molecule has 2 amide bonds. The van der Waals surface area contributed by atoms with Gasteiger partial charge in [-0.15, -0.1) is 0 Å². The van der Waals surface area contributed by atoms with Gasteiger partial charge in [-0.05, 0) is 6.07 Å². The number of halogens is 3. The molecule has 0 saturated heterocycles. The van der Waals surface area contributed by atoms with E-state index in [1.807, 2.05) is 0 Å². The Bertz CT molecular complexity index is 508. The van der Waals surface area contributed by atoms with Crippen molar-refractivity contribution in [1.29, 1.82) is 0 Å². The molecule has 0 aliphatic heterocycles. The minimum Gasteiger partial charge on any atom is -0.370 e. The number of nitrogens with one attached hydrogen (secondary N) is 1. The molecule has 0 aliphatic rings. The quantitative estimate of drug-likeness (QED) is 0.656. The fraction of sp³-hybridized carbons (Fsp3) is 0.273. The first-order valence-electron chi connectivity index (χ1n) is 5.27. The SMILES string of the molecule is NC(=O)C[C@H](N)C(=O)NCc1ccc(F)c(F)c1F. The second-order valence-corrected chi connectivity index (χ2v) is 3.83. The van der Waals surface area contributed by atoms with Gasteiger partial charge < -0.3 is 16.8 Å². The summed E-state index contributed by atoms with van der Waals surface area (Å²) >= 11 is 0.